The van der Waals surface area contributed by atoms with Gasteiger partial charge in [-0.05, 0) is 47.2 Å². The molecule has 3 aromatic rings. The summed E-state index contributed by atoms with van der Waals surface area (Å²) in [7, 11) is 0. The van der Waals surface area contributed by atoms with Gasteiger partial charge in [-0.2, -0.15) is 24.3 Å². The van der Waals surface area contributed by atoms with Crippen LogP contribution in [0.25, 0.3) is 5.69 Å². The molecule has 180 valence electrons. The number of nitrogens with one attached hydrogen (secondary N) is 1. The van der Waals surface area contributed by atoms with E-state index in [9.17, 15) is 4.79 Å². The maximum absolute atomic E-state index is 13.1. The summed E-state index contributed by atoms with van der Waals surface area (Å²) < 4.78 is 7.53. The van der Waals surface area contributed by atoms with Gasteiger partial charge in [0.25, 0.3) is 5.91 Å². The zero-order valence-corrected chi connectivity index (χ0v) is 25.7. The molecule has 6 nitrogen and oxygen atoms in total. The van der Waals surface area contributed by atoms with Crippen LogP contribution < -0.4 is 10.1 Å². The molecule has 0 aliphatic heterocycles. The van der Waals surface area contributed by atoms with E-state index in [2.05, 4.69) is 49.4 Å². The van der Waals surface area contributed by atoms with Crippen LogP contribution >= 0.6 is 11.6 Å². The number of unbranched alkanes of at least 4 members (excludes halogenated alkanes) is 2. The number of rotatable bonds is 8. The molecule has 0 atom stereocenters. The molecule has 2 aromatic carbocycles. The molecule has 1 aromatic heterocycles. The van der Waals surface area contributed by atoms with Crippen molar-refractivity contribution in [3.63, 3.8) is 0 Å². The predicted molar refractivity (Wildman–Crippen MR) is 134 cm³/mol. The van der Waals surface area contributed by atoms with E-state index in [1.54, 1.807) is 29.8 Å². The minimum atomic E-state index is -0.353. The van der Waals surface area contributed by atoms with E-state index in [-0.39, 0.29) is 55.6 Å². The number of benzene rings is 2. The van der Waals surface area contributed by atoms with Crippen LogP contribution in [0.3, 0.4) is 0 Å². The first-order valence-corrected chi connectivity index (χ1v) is 11.3. The first-order valence-electron chi connectivity index (χ1n) is 10.9. The van der Waals surface area contributed by atoms with Crippen molar-refractivity contribution in [3.8, 4) is 11.4 Å². The van der Waals surface area contributed by atoms with Crippen molar-refractivity contribution in [1.82, 2.24) is 15.0 Å². The molecular weight excluding hydrogens is 674 g/mol. The number of aromatic nitrogens is 3. The minimum absolute atomic E-state index is 0. The molecule has 1 N–H and O–H groups in total. The second-order valence-electron chi connectivity index (χ2n) is 8.78. The van der Waals surface area contributed by atoms with E-state index < -0.39 is 0 Å². The van der Waals surface area contributed by atoms with Crippen molar-refractivity contribution in [2.45, 2.75) is 59.3 Å². The van der Waals surface area contributed by atoms with Gasteiger partial charge < -0.3 is 17.5 Å². The third-order valence-electron chi connectivity index (χ3n) is 5.23. The van der Waals surface area contributed by atoms with Crippen molar-refractivity contribution >= 4 is 23.2 Å². The maximum Gasteiger partial charge on any atom is 2.00 e. The minimum Gasteiger partial charge on any atom is -0.491 e. The SMILES string of the molecule is CCCCCOc1ccc(C(C)(C)C)cc1NC(=O)c1nnn(-c2c[c-]ccc2Cl)c1C.[CH3-].[U+2]. The molecule has 0 saturated carbocycles. The Kier molecular flexibility index (Phi) is 11.8. The third kappa shape index (κ3) is 7.34. The van der Waals surface area contributed by atoms with Crippen LogP contribution in [0.2, 0.25) is 5.02 Å². The Balaban J connectivity index is 0.00000289. The van der Waals surface area contributed by atoms with E-state index in [4.69, 9.17) is 16.3 Å². The van der Waals surface area contributed by atoms with Gasteiger partial charge in [-0.1, -0.05) is 51.8 Å². The molecule has 0 bridgehead atoms. The molecule has 8 heteroatoms. The first kappa shape index (κ1) is 30.2. The van der Waals surface area contributed by atoms with Crippen LogP contribution in [-0.4, -0.2) is 27.5 Å². The Morgan fingerprint density at radius 1 is 1.24 bits per heavy atom. The van der Waals surface area contributed by atoms with Crippen LogP contribution in [0, 0.1) is 51.5 Å². The average Bonchev–Trinajstić information content (AvgIpc) is 3.13. The smallest absolute Gasteiger partial charge is 0.491 e. The van der Waals surface area contributed by atoms with Crippen LogP contribution in [0.15, 0.2) is 36.4 Å². The maximum atomic E-state index is 13.1. The molecule has 1 heterocycles. The van der Waals surface area contributed by atoms with Crippen molar-refractivity contribution < 1.29 is 40.6 Å². The molecule has 34 heavy (non-hydrogen) atoms. The molecule has 0 unspecified atom stereocenters. The van der Waals surface area contributed by atoms with Crippen LogP contribution in [0.4, 0.5) is 5.69 Å². The summed E-state index contributed by atoms with van der Waals surface area (Å²) in [5, 5.41) is 11.7. The molecular formula is C26H33ClN4O2U. The second kappa shape index (κ2) is 13.3. The molecule has 1 amide bonds. The number of ether oxygens (including phenoxy) is 1. The quantitative estimate of drug-likeness (QED) is 0.212. The fourth-order valence-corrected chi connectivity index (χ4v) is 3.47. The summed E-state index contributed by atoms with van der Waals surface area (Å²) in [4.78, 5) is 13.1. The largest absolute Gasteiger partial charge is 2.00 e. The van der Waals surface area contributed by atoms with Gasteiger partial charge in [0.2, 0.25) is 0 Å². The first-order chi connectivity index (χ1) is 15.2. The van der Waals surface area contributed by atoms with Crippen LogP contribution in [-0.2, 0) is 5.41 Å². The third-order valence-corrected chi connectivity index (χ3v) is 5.55. The van der Waals surface area contributed by atoms with Gasteiger partial charge in [0.1, 0.15) is 5.75 Å². The van der Waals surface area contributed by atoms with Gasteiger partial charge >= 0.3 is 31.1 Å². The van der Waals surface area contributed by atoms with Crippen LogP contribution in [0.5, 0.6) is 5.75 Å². The fourth-order valence-electron chi connectivity index (χ4n) is 3.27. The molecule has 0 spiro atoms. The number of anilines is 1. The number of carbonyl (C=O) groups is 1. The number of carbonyl (C=O) groups excluding carboxylic acids is 1. The zero-order chi connectivity index (χ0) is 23.3. The Morgan fingerprint density at radius 3 is 2.62 bits per heavy atom. The van der Waals surface area contributed by atoms with Gasteiger partial charge in [0, 0.05) is 0 Å². The Labute approximate surface area is 232 Å². The molecule has 0 radical (unpaired) electrons. The molecule has 0 aliphatic rings. The molecule has 0 fully saturated rings. The van der Waals surface area contributed by atoms with Crippen molar-refractivity contribution in [1.29, 1.82) is 0 Å². The van der Waals surface area contributed by atoms with Crippen LogP contribution in [0.1, 0.15) is 68.7 Å². The Morgan fingerprint density at radius 2 is 1.97 bits per heavy atom. The zero-order valence-electron chi connectivity index (χ0n) is 20.8. The van der Waals surface area contributed by atoms with Crippen molar-refractivity contribution in [2.75, 3.05) is 11.9 Å². The summed E-state index contributed by atoms with van der Waals surface area (Å²) in [6, 6.07) is 14.1. The molecule has 3 rings (SSSR count). The fraction of sp³-hybridized carbons (Fsp3) is 0.385. The summed E-state index contributed by atoms with van der Waals surface area (Å²) >= 11 is 6.28. The number of nitrogens with zero attached hydrogens (tertiary/aromatic N) is 3. The standard InChI is InChI=1S/C25H30ClN4O2.CH3.U/c1-6-7-10-15-32-22-14-13-18(25(3,4)5)16-20(22)27-24(31)23-17(2)30(29-28-23)21-12-9-8-11-19(21)26;;/h8,11-14,16H,6-7,10,15H2,1-5H3,(H,27,31);1H3;/q2*-1;+2. The van der Waals surface area contributed by atoms with Crippen molar-refractivity contribution in [3.05, 3.63) is 71.9 Å². The van der Waals surface area contributed by atoms with Gasteiger partial charge in [0.05, 0.1) is 18.0 Å². The summed E-state index contributed by atoms with van der Waals surface area (Å²) in [5.41, 5.74) is 3.08. The van der Waals surface area contributed by atoms with E-state index >= 15 is 0 Å². The van der Waals surface area contributed by atoms with Gasteiger partial charge in [0.15, 0.2) is 5.69 Å². The Bertz CT molecular complexity index is 1090. The normalized spacial score (nSPS) is 10.8. The van der Waals surface area contributed by atoms with E-state index in [1.807, 2.05) is 18.2 Å². The topological polar surface area (TPSA) is 69.0 Å². The Hall–Kier alpha value is -1.81. The van der Waals surface area contributed by atoms with Gasteiger partial charge in [-0.25, -0.2) is 0 Å². The molecule has 0 aliphatic carbocycles. The van der Waals surface area contributed by atoms with E-state index in [0.717, 1.165) is 24.8 Å². The van der Waals surface area contributed by atoms with Gasteiger partial charge in [-0.3, -0.25) is 9.48 Å². The average molecular weight is 707 g/mol. The van der Waals surface area contributed by atoms with E-state index in [0.29, 0.717) is 34.4 Å². The number of halogens is 1. The number of hydrogen-bond acceptors (Lipinski definition) is 4. The summed E-state index contributed by atoms with van der Waals surface area (Å²) in [6.07, 6.45) is 3.19. The van der Waals surface area contributed by atoms with E-state index in [1.165, 1.54) is 0 Å². The second-order valence-corrected chi connectivity index (χ2v) is 9.19. The van der Waals surface area contributed by atoms with Gasteiger partial charge in [-0.15, -0.1) is 16.7 Å². The molecule has 0 saturated heterocycles. The summed E-state index contributed by atoms with van der Waals surface area (Å²) in [6.45, 7) is 10.9. The number of hydrogen-bond donors (Lipinski definition) is 1. The number of amides is 1. The predicted octanol–water partition coefficient (Wildman–Crippen LogP) is 6.60. The monoisotopic (exact) mass is 706 g/mol. The summed E-state index contributed by atoms with van der Waals surface area (Å²) in [5.74, 6) is 0.294. The van der Waals surface area contributed by atoms with Crippen molar-refractivity contribution in [2.24, 2.45) is 0 Å².